The van der Waals surface area contributed by atoms with Gasteiger partial charge in [0.1, 0.15) is 12.4 Å². The molecular formula is C24H32N2O3. The van der Waals surface area contributed by atoms with E-state index in [0.29, 0.717) is 43.7 Å². The molecule has 0 aliphatic carbocycles. The largest absolute Gasteiger partial charge is 0.490 e. The number of amides is 1. The van der Waals surface area contributed by atoms with Gasteiger partial charge in [0.15, 0.2) is 0 Å². The van der Waals surface area contributed by atoms with Crippen LogP contribution in [0.4, 0.5) is 0 Å². The molecule has 0 saturated heterocycles. The number of carbonyl (C=O) groups is 1. The number of rotatable bonds is 10. The highest BCUT2D eigenvalue weighted by atomic mass is 16.5. The van der Waals surface area contributed by atoms with Gasteiger partial charge in [0.05, 0.1) is 12.2 Å². The lowest BCUT2D eigenvalue weighted by molar-refractivity contribution is 0.0911. The molecule has 0 bridgehead atoms. The van der Waals surface area contributed by atoms with E-state index in [1.165, 1.54) is 11.1 Å². The molecule has 0 spiro atoms. The zero-order chi connectivity index (χ0) is 20.5. The number of hydrogen-bond donors (Lipinski definition) is 1. The van der Waals surface area contributed by atoms with Crippen LogP contribution in [-0.2, 0) is 17.7 Å². The van der Waals surface area contributed by atoms with Gasteiger partial charge in [-0.25, -0.2) is 0 Å². The number of fused-ring (bicyclic) bond motifs is 1. The second kappa shape index (κ2) is 11.0. The van der Waals surface area contributed by atoms with E-state index < -0.39 is 0 Å². The highest BCUT2D eigenvalue weighted by Gasteiger charge is 2.23. The first-order chi connectivity index (χ1) is 14.2. The quantitative estimate of drug-likeness (QED) is 0.623. The molecule has 0 saturated carbocycles. The van der Waals surface area contributed by atoms with Crippen molar-refractivity contribution >= 4 is 5.91 Å². The third-order valence-corrected chi connectivity index (χ3v) is 5.47. The maximum Gasteiger partial charge on any atom is 0.255 e. The fourth-order valence-electron chi connectivity index (χ4n) is 3.80. The van der Waals surface area contributed by atoms with Crippen molar-refractivity contribution in [1.29, 1.82) is 0 Å². The van der Waals surface area contributed by atoms with Gasteiger partial charge in [0.2, 0.25) is 0 Å². The Morgan fingerprint density at radius 3 is 2.62 bits per heavy atom. The standard InChI is InChI=1S/C24H32N2O3/c1-3-21(26-14-13-19-9-5-6-10-20(19)18-26)17-25-24(27)22-11-7-8-12-23(22)29-16-15-28-4-2/h5-12,21H,3-4,13-18H2,1-2H3,(H,25,27). The molecule has 1 aliphatic heterocycles. The van der Waals surface area contributed by atoms with Crippen LogP contribution in [0.15, 0.2) is 48.5 Å². The number of nitrogens with one attached hydrogen (secondary N) is 1. The third kappa shape index (κ3) is 5.81. The van der Waals surface area contributed by atoms with E-state index in [-0.39, 0.29) is 5.91 Å². The highest BCUT2D eigenvalue weighted by molar-refractivity contribution is 5.96. The first-order valence-corrected chi connectivity index (χ1v) is 10.6. The molecule has 2 aromatic carbocycles. The van der Waals surface area contributed by atoms with Crippen LogP contribution in [0.2, 0.25) is 0 Å². The number of ether oxygens (including phenoxy) is 2. The predicted molar refractivity (Wildman–Crippen MR) is 115 cm³/mol. The van der Waals surface area contributed by atoms with Gasteiger partial charge in [-0.2, -0.15) is 0 Å². The molecule has 3 rings (SSSR count). The van der Waals surface area contributed by atoms with E-state index in [1.807, 2.05) is 31.2 Å². The Labute approximate surface area is 174 Å². The van der Waals surface area contributed by atoms with Crippen molar-refractivity contribution in [3.8, 4) is 5.75 Å². The van der Waals surface area contributed by atoms with Crippen molar-refractivity contribution in [2.45, 2.75) is 39.3 Å². The molecule has 1 heterocycles. The molecule has 1 unspecified atom stereocenters. The Morgan fingerprint density at radius 2 is 1.83 bits per heavy atom. The summed E-state index contributed by atoms with van der Waals surface area (Å²) in [5.41, 5.74) is 3.42. The lowest BCUT2D eigenvalue weighted by Crippen LogP contribution is -2.45. The van der Waals surface area contributed by atoms with Gasteiger partial charge < -0.3 is 14.8 Å². The summed E-state index contributed by atoms with van der Waals surface area (Å²) in [7, 11) is 0. The van der Waals surface area contributed by atoms with Crippen molar-refractivity contribution in [3.63, 3.8) is 0 Å². The minimum absolute atomic E-state index is 0.0899. The van der Waals surface area contributed by atoms with E-state index in [1.54, 1.807) is 0 Å². The molecule has 5 heteroatoms. The fourth-order valence-corrected chi connectivity index (χ4v) is 3.80. The van der Waals surface area contributed by atoms with Gasteiger partial charge >= 0.3 is 0 Å². The number of para-hydroxylation sites is 1. The maximum absolute atomic E-state index is 12.8. The summed E-state index contributed by atoms with van der Waals surface area (Å²) in [5, 5.41) is 3.12. The summed E-state index contributed by atoms with van der Waals surface area (Å²) in [5.74, 6) is 0.512. The average molecular weight is 397 g/mol. The Balaban J connectivity index is 1.57. The van der Waals surface area contributed by atoms with Crippen LogP contribution in [0.5, 0.6) is 5.75 Å². The third-order valence-electron chi connectivity index (χ3n) is 5.47. The molecule has 5 nitrogen and oxygen atoms in total. The number of benzene rings is 2. The molecule has 29 heavy (non-hydrogen) atoms. The summed E-state index contributed by atoms with van der Waals surface area (Å²) < 4.78 is 11.1. The fraction of sp³-hybridized carbons (Fsp3) is 0.458. The van der Waals surface area contributed by atoms with Crippen LogP contribution >= 0.6 is 0 Å². The smallest absolute Gasteiger partial charge is 0.255 e. The summed E-state index contributed by atoms with van der Waals surface area (Å²) in [6.07, 6.45) is 2.06. The van der Waals surface area contributed by atoms with E-state index in [9.17, 15) is 4.79 Å². The topological polar surface area (TPSA) is 50.8 Å². The first-order valence-electron chi connectivity index (χ1n) is 10.6. The van der Waals surface area contributed by atoms with E-state index in [0.717, 1.165) is 25.9 Å². The first kappa shape index (κ1) is 21.3. The SMILES string of the molecule is CCOCCOc1ccccc1C(=O)NCC(CC)N1CCc2ccccc2C1. The Kier molecular flexibility index (Phi) is 8.08. The second-order valence-corrected chi connectivity index (χ2v) is 7.30. The summed E-state index contributed by atoms with van der Waals surface area (Å²) in [6.45, 7) is 8.35. The molecular weight excluding hydrogens is 364 g/mol. The molecule has 1 N–H and O–H groups in total. The molecule has 2 aromatic rings. The maximum atomic E-state index is 12.8. The van der Waals surface area contributed by atoms with E-state index >= 15 is 0 Å². The molecule has 1 atom stereocenters. The van der Waals surface area contributed by atoms with E-state index in [2.05, 4.69) is 41.4 Å². The molecule has 1 aliphatic rings. The summed E-state index contributed by atoms with van der Waals surface area (Å²) in [4.78, 5) is 15.3. The van der Waals surface area contributed by atoms with Gasteiger partial charge in [0.25, 0.3) is 5.91 Å². The van der Waals surface area contributed by atoms with Crippen molar-refractivity contribution in [2.75, 3.05) is 32.9 Å². The Bertz CT molecular complexity index is 793. The lowest BCUT2D eigenvalue weighted by Gasteiger charge is -2.35. The van der Waals surface area contributed by atoms with Gasteiger partial charge in [-0.05, 0) is 43.0 Å². The second-order valence-electron chi connectivity index (χ2n) is 7.30. The van der Waals surface area contributed by atoms with Crippen LogP contribution in [0.3, 0.4) is 0 Å². The minimum atomic E-state index is -0.0899. The van der Waals surface area contributed by atoms with E-state index in [4.69, 9.17) is 9.47 Å². The van der Waals surface area contributed by atoms with Crippen LogP contribution in [0, 0.1) is 0 Å². The van der Waals surface area contributed by atoms with Crippen molar-refractivity contribution in [1.82, 2.24) is 10.2 Å². The molecule has 156 valence electrons. The van der Waals surface area contributed by atoms with Gasteiger partial charge in [-0.3, -0.25) is 9.69 Å². The zero-order valence-electron chi connectivity index (χ0n) is 17.5. The Morgan fingerprint density at radius 1 is 1.07 bits per heavy atom. The lowest BCUT2D eigenvalue weighted by atomic mass is 9.98. The molecule has 0 aromatic heterocycles. The van der Waals surface area contributed by atoms with Crippen molar-refractivity contribution in [3.05, 3.63) is 65.2 Å². The monoisotopic (exact) mass is 396 g/mol. The predicted octanol–water partition coefficient (Wildman–Crippen LogP) is 3.67. The van der Waals surface area contributed by atoms with Gasteiger partial charge in [-0.1, -0.05) is 43.3 Å². The number of nitrogens with zero attached hydrogens (tertiary/aromatic N) is 1. The van der Waals surface area contributed by atoms with Gasteiger partial charge in [0, 0.05) is 32.3 Å². The van der Waals surface area contributed by atoms with Crippen molar-refractivity contribution in [2.24, 2.45) is 0 Å². The van der Waals surface area contributed by atoms with Crippen LogP contribution in [0.25, 0.3) is 0 Å². The van der Waals surface area contributed by atoms with Crippen molar-refractivity contribution < 1.29 is 14.3 Å². The number of carbonyl (C=O) groups excluding carboxylic acids is 1. The molecule has 0 fully saturated rings. The highest BCUT2D eigenvalue weighted by Crippen LogP contribution is 2.22. The number of hydrogen-bond acceptors (Lipinski definition) is 4. The normalized spacial score (nSPS) is 14.8. The minimum Gasteiger partial charge on any atom is -0.490 e. The van der Waals surface area contributed by atoms with Crippen LogP contribution in [-0.4, -0.2) is 49.8 Å². The summed E-state index contributed by atoms with van der Waals surface area (Å²) in [6, 6.07) is 16.4. The van der Waals surface area contributed by atoms with Gasteiger partial charge in [-0.15, -0.1) is 0 Å². The zero-order valence-corrected chi connectivity index (χ0v) is 17.5. The molecule has 0 radical (unpaired) electrons. The van der Waals surface area contributed by atoms with Crippen LogP contribution < -0.4 is 10.1 Å². The average Bonchev–Trinajstić information content (AvgIpc) is 2.77. The summed E-state index contributed by atoms with van der Waals surface area (Å²) >= 11 is 0. The Hall–Kier alpha value is -2.37. The molecule has 1 amide bonds. The van der Waals surface area contributed by atoms with Crippen LogP contribution in [0.1, 0.15) is 41.8 Å².